The summed E-state index contributed by atoms with van der Waals surface area (Å²) in [5.41, 5.74) is 0. The van der Waals surface area contributed by atoms with Crippen LogP contribution in [0.4, 0.5) is 0 Å². The van der Waals surface area contributed by atoms with E-state index < -0.39 is 74.6 Å². The van der Waals surface area contributed by atoms with E-state index in [1.165, 1.54) is 0 Å². The molecule has 0 aromatic heterocycles. The molecule has 2 heterocycles. The van der Waals surface area contributed by atoms with Crippen molar-refractivity contribution in [1.29, 1.82) is 0 Å². The van der Waals surface area contributed by atoms with E-state index in [2.05, 4.69) is 0 Å². The number of aliphatic hydroxyl groups excluding tert-OH is 8. The van der Waals surface area contributed by atoms with Crippen molar-refractivity contribution in [3.05, 3.63) is 0 Å². The van der Waals surface area contributed by atoms with Gasteiger partial charge < -0.3 is 55.1 Å². The molecule has 10 atom stereocenters. The highest BCUT2D eigenvalue weighted by molar-refractivity contribution is 4.92. The van der Waals surface area contributed by atoms with Gasteiger partial charge in [0.2, 0.25) is 0 Å². The lowest BCUT2D eigenvalue weighted by molar-refractivity contribution is -0.376. The summed E-state index contributed by atoms with van der Waals surface area (Å²) in [6, 6.07) is 0. The molecule has 2 aliphatic rings. The van der Waals surface area contributed by atoms with Gasteiger partial charge in [-0.15, -0.1) is 0 Å². The molecule has 1 unspecified atom stereocenters. The highest BCUT2D eigenvalue weighted by Gasteiger charge is 2.49. The Balaban J connectivity index is 2.07. The number of rotatable bonds is 4. The zero-order valence-corrected chi connectivity index (χ0v) is 12.0. The van der Waals surface area contributed by atoms with E-state index in [0.717, 1.165) is 0 Å². The maximum atomic E-state index is 9.84. The summed E-state index contributed by atoms with van der Waals surface area (Å²) in [5, 5.41) is 76.4. The summed E-state index contributed by atoms with van der Waals surface area (Å²) >= 11 is 0. The van der Waals surface area contributed by atoms with Crippen LogP contribution in [0.3, 0.4) is 0 Å². The summed E-state index contributed by atoms with van der Waals surface area (Å²) in [7, 11) is 0. The second-order valence-electron chi connectivity index (χ2n) is 5.53. The molecule has 0 aromatic carbocycles. The highest BCUT2D eigenvalue weighted by Crippen LogP contribution is 2.27. The van der Waals surface area contributed by atoms with Gasteiger partial charge in [-0.3, -0.25) is 0 Å². The zero-order valence-electron chi connectivity index (χ0n) is 12.0. The minimum atomic E-state index is -1.72. The quantitative estimate of drug-likeness (QED) is 0.243. The summed E-state index contributed by atoms with van der Waals surface area (Å²) in [5.74, 6) is 0. The molecule has 0 bridgehead atoms. The predicted octanol–water partition coefficient (Wildman–Crippen LogP) is -5.40. The summed E-state index contributed by atoms with van der Waals surface area (Å²) in [4.78, 5) is 0. The summed E-state index contributed by atoms with van der Waals surface area (Å²) < 4.78 is 15.3. The molecule has 0 aliphatic carbocycles. The van der Waals surface area contributed by atoms with Crippen molar-refractivity contribution in [2.24, 2.45) is 0 Å². The Morgan fingerprint density at radius 1 is 0.565 bits per heavy atom. The topological polar surface area (TPSA) is 190 Å². The van der Waals surface area contributed by atoms with Crippen LogP contribution in [0.5, 0.6) is 0 Å². The molecular weight excluding hydrogens is 320 g/mol. The Bertz CT molecular complexity index is 344. The molecule has 136 valence electrons. The third kappa shape index (κ3) is 3.65. The lowest BCUT2D eigenvalue weighted by Gasteiger charge is -2.44. The minimum Gasteiger partial charge on any atom is -0.394 e. The molecule has 8 N–H and O–H groups in total. The Kier molecular flexibility index (Phi) is 6.27. The average Bonchev–Trinajstić information content (AvgIpc) is 2.55. The first-order valence-corrected chi connectivity index (χ1v) is 7.08. The third-order valence-corrected chi connectivity index (χ3v) is 3.97. The standard InChI is InChI=1S/C12H22O11/c13-1-3-5(15)7(17)9(19)11(21-3)23-12-10(20)8(18)6(16)4(2-14)22-12/h3-20H,1-2H2/t3-,4-,5-,6+,7+,8+,9-,10-,11?,12+/m1/s1. The fourth-order valence-electron chi connectivity index (χ4n) is 2.49. The number of hydrogen-bond acceptors (Lipinski definition) is 11. The number of aliphatic hydroxyl groups is 8. The highest BCUT2D eigenvalue weighted by atomic mass is 16.8. The first-order chi connectivity index (χ1) is 10.8. The van der Waals surface area contributed by atoms with E-state index in [1.54, 1.807) is 0 Å². The first kappa shape index (κ1) is 18.9. The first-order valence-electron chi connectivity index (χ1n) is 7.08. The molecule has 0 aromatic rings. The Morgan fingerprint density at radius 2 is 0.913 bits per heavy atom. The van der Waals surface area contributed by atoms with Crippen molar-refractivity contribution in [3.63, 3.8) is 0 Å². The maximum absolute atomic E-state index is 9.84. The van der Waals surface area contributed by atoms with Crippen LogP contribution in [0.25, 0.3) is 0 Å². The van der Waals surface area contributed by atoms with Gasteiger partial charge in [0.05, 0.1) is 13.2 Å². The van der Waals surface area contributed by atoms with E-state index in [4.69, 9.17) is 24.4 Å². The molecule has 11 nitrogen and oxygen atoms in total. The lowest BCUT2D eigenvalue weighted by atomic mass is 9.98. The van der Waals surface area contributed by atoms with Gasteiger partial charge in [-0.2, -0.15) is 0 Å². The number of ether oxygens (including phenoxy) is 3. The second-order valence-corrected chi connectivity index (χ2v) is 5.53. The lowest BCUT2D eigenvalue weighted by Crippen LogP contribution is -2.63. The van der Waals surface area contributed by atoms with Crippen molar-refractivity contribution in [2.45, 2.75) is 61.4 Å². The fraction of sp³-hybridized carbons (Fsp3) is 1.00. The Hall–Kier alpha value is -0.440. The smallest absolute Gasteiger partial charge is 0.189 e. The van der Waals surface area contributed by atoms with Gasteiger partial charge in [-0.1, -0.05) is 0 Å². The van der Waals surface area contributed by atoms with Crippen LogP contribution in [0.1, 0.15) is 0 Å². The van der Waals surface area contributed by atoms with E-state index in [1.807, 2.05) is 0 Å². The average molecular weight is 342 g/mol. The summed E-state index contributed by atoms with van der Waals surface area (Å²) in [6.07, 6.45) is -15.6. The minimum absolute atomic E-state index is 0.667. The molecular formula is C12H22O11. The summed E-state index contributed by atoms with van der Waals surface area (Å²) in [6.45, 7) is -1.33. The molecule has 0 radical (unpaired) electrons. The molecule has 2 fully saturated rings. The van der Waals surface area contributed by atoms with Crippen molar-refractivity contribution in [3.8, 4) is 0 Å². The fourth-order valence-corrected chi connectivity index (χ4v) is 2.49. The SMILES string of the molecule is OC[C@H]1O[C@@H](OC2O[C@H](CO)[C@@H](O)[C@H](O)[C@H]2O)[C@H](O)[C@@H](O)[C@H]1O. The normalized spacial score (nSPS) is 51.7. The van der Waals surface area contributed by atoms with Gasteiger partial charge in [-0.05, 0) is 0 Å². The van der Waals surface area contributed by atoms with Crippen molar-refractivity contribution < 1.29 is 55.1 Å². The molecule has 2 rings (SSSR count). The molecule has 2 aliphatic heterocycles. The van der Waals surface area contributed by atoms with Crippen LogP contribution < -0.4 is 0 Å². The third-order valence-electron chi connectivity index (χ3n) is 3.97. The zero-order chi connectivity index (χ0) is 17.3. The Labute approximate surface area is 130 Å². The molecule has 11 heteroatoms. The van der Waals surface area contributed by atoms with Gasteiger partial charge in [0.15, 0.2) is 12.6 Å². The Morgan fingerprint density at radius 3 is 1.22 bits per heavy atom. The van der Waals surface area contributed by atoms with Gasteiger partial charge in [-0.25, -0.2) is 0 Å². The monoisotopic (exact) mass is 342 g/mol. The van der Waals surface area contributed by atoms with Gasteiger partial charge >= 0.3 is 0 Å². The molecule has 0 saturated carbocycles. The van der Waals surface area contributed by atoms with Crippen LogP contribution in [0, 0.1) is 0 Å². The number of hydrogen-bond donors (Lipinski definition) is 8. The van der Waals surface area contributed by atoms with Crippen molar-refractivity contribution in [2.75, 3.05) is 13.2 Å². The van der Waals surface area contributed by atoms with Crippen molar-refractivity contribution >= 4 is 0 Å². The van der Waals surface area contributed by atoms with Crippen LogP contribution in [0.2, 0.25) is 0 Å². The van der Waals surface area contributed by atoms with Crippen LogP contribution in [0.15, 0.2) is 0 Å². The predicted molar refractivity (Wildman–Crippen MR) is 68.6 cm³/mol. The van der Waals surface area contributed by atoms with Gasteiger partial charge in [0.1, 0.15) is 48.8 Å². The van der Waals surface area contributed by atoms with Gasteiger partial charge in [0, 0.05) is 0 Å². The largest absolute Gasteiger partial charge is 0.394 e. The van der Waals surface area contributed by atoms with Crippen molar-refractivity contribution in [1.82, 2.24) is 0 Å². The van der Waals surface area contributed by atoms with Crippen LogP contribution >= 0.6 is 0 Å². The van der Waals surface area contributed by atoms with E-state index >= 15 is 0 Å². The van der Waals surface area contributed by atoms with Crippen LogP contribution in [-0.2, 0) is 14.2 Å². The van der Waals surface area contributed by atoms with E-state index in [9.17, 15) is 30.6 Å². The van der Waals surface area contributed by atoms with Crippen LogP contribution in [-0.4, -0.2) is 115 Å². The maximum Gasteiger partial charge on any atom is 0.189 e. The molecule has 2 saturated heterocycles. The van der Waals surface area contributed by atoms with E-state index in [-0.39, 0.29) is 0 Å². The molecule has 0 amide bonds. The van der Waals surface area contributed by atoms with Gasteiger partial charge in [0.25, 0.3) is 0 Å². The molecule has 0 spiro atoms. The van der Waals surface area contributed by atoms with E-state index in [0.29, 0.717) is 0 Å². The second kappa shape index (κ2) is 7.63. The molecule has 23 heavy (non-hydrogen) atoms.